The zero-order valence-electron chi connectivity index (χ0n) is 13.2. The molecule has 1 unspecified atom stereocenters. The van der Waals surface area contributed by atoms with Crippen molar-refractivity contribution in [3.8, 4) is 0 Å². The quantitative estimate of drug-likeness (QED) is 0.699. The second-order valence-corrected chi connectivity index (χ2v) is 5.93. The first-order valence-electron chi connectivity index (χ1n) is 7.81. The van der Waals surface area contributed by atoms with E-state index >= 15 is 0 Å². The number of aromatic nitrogens is 6. The van der Waals surface area contributed by atoms with Crippen LogP contribution in [0.5, 0.6) is 0 Å². The van der Waals surface area contributed by atoms with Crippen molar-refractivity contribution in [2.45, 2.75) is 25.9 Å². The van der Waals surface area contributed by atoms with E-state index in [9.17, 15) is 9.59 Å². The lowest BCUT2D eigenvalue weighted by Gasteiger charge is -2.21. The van der Waals surface area contributed by atoms with Crippen molar-refractivity contribution >= 4 is 11.6 Å². The molecule has 3 aromatic rings. The smallest absolute Gasteiger partial charge is 0.345 e. The number of rotatable bonds is 3. The number of pyridine rings is 1. The van der Waals surface area contributed by atoms with Gasteiger partial charge >= 0.3 is 5.69 Å². The molecule has 24 heavy (non-hydrogen) atoms. The first kappa shape index (κ1) is 14.6. The van der Waals surface area contributed by atoms with E-state index in [1.165, 1.54) is 11.0 Å². The molecule has 4 heterocycles. The monoisotopic (exact) mass is 327 g/mol. The summed E-state index contributed by atoms with van der Waals surface area (Å²) in [5, 5.41) is 11.3. The third-order valence-electron chi connectivity index (χ3n) is 4.40. The molecule has 3 aromatic heterocycles. The Morgan fingerprint density at radius 3 is 3.17 bits per heavy atom. The van der Waals surface area contributed by atoms with Crippen LogP contribution in [0.4, 0.5) is 0 Å². The van der Waals surface area contributed by atoms with Crippen LogP contribution in [0.25, 0.3) is 5.65 Å². The Morgan fingerprint density at radius 1 is 1.42 bits per heavy atom. The standard InChI is InChI=1S/C15H17N7O2/c1-20-15(24)21-8-10(5-6-13(21)19-20)14(23)16-7-11-3-2-4-12-17-9-18-22(11)12/h2-4,9-10H,5-8H2,1H3,(H,16,23). The van der Waals surface area contributed by atoms with E-state index in [2.05, 4.69) is 20.5 Å². The number of fused-ring (bicyclic) bond motifs is 2. The first-order valence-corrected chi connectivity index (χ1v) is 7.81. The van der Waals surface area contributed by atoms with Crippen molar-refractivity contribution in [1.29, 1.82) is 0 Å². The molecular formula is C15H17N7O2. The van der Waals surface area contributed by atoms with E-state index in [1.807, 2.05) is 18.2 Å². The summed E-state index contributed by atoms with van der Waals surface area (Å²) in [7, 11) is 1.63. The second-order valence-electron chi connectivity index (χ2n) is 5.93. The molecular weight excluding hydrogens is 310 g/mol. The van der Waals surface area contributed by atoms with E-state index in [1.54, 1.807) is 16.1 Å². The fourth-order valence-corrected chi connectivity index (χ4v) is 3.11. The lowest BCUT2D eigenvalue weighted by Crippen LogP contribution is -2.38. The molecule has 0 spiro atoms. The van der Waals surface area contributed by atoms with Crippen molar-refractivity contribution in [2.24, 2.45) is 13.0 Å². The number of nitrogens with zero attached hydrogens (tertiary/aromatic N) is 6. The molecule has 1 N–H and O–H groups in total. The SMILES string of the molecule is Cn1nc2n(c1=O)CC(C(=O)NCc1cccc3ncnn13)CC2. The zero-order chi connectivity index (χ0) is 16.7. The van der Waals surface area contributed by atoms with Gasteiger partial charge in [0, 0.05) is 20.0 Å². The molecule has 4 rings (SSSR count). The summed E-state index contributed by atoms with van der Waals surface area (Å²) < 4.78 is 4.61. The van der Waals surface area contributed by atoms with Gasteiger partial charge in [0.1, 0.15) is 12.2 Å². The zero-order valence-corrected chi connectivity index (χ0v) is 13.2. The van der Waals surface area contributed by atoms with Gasteiger partial charge in [-0.05, 0) is 18.6 Å². The summed E-state index contributed by atoms with van der Waals surface area (Å²) in [5.74, 6) is 0.460. The fourth-order valence-electron chi connectivity index (χ4n) is 3.11. The highest BCUT2D eigenvalue weighted by molar-refractivity contribution is 5.78. The first-order chi connectivity index (χ1) is 11.6. The van der Waals surface area contributed by atoms with E-state index < -0.39 is 0 Å². The molecule has 0 radical (unpaired) electrons. The molecule has 0 saturated carbocycles. The summed E-state index contributed by atoms with van der Waals surface area (Å²) in [6.45, 7) is 0.742. The fraction of sp³-hybridized carbons (Fsp3) is 0.400. The maximum absolute atomic E-state index is 12.5. The maximum atomic E-state index is 12.5. The normalized spacial score (nSPS) is 17.0. The summed E-state index contributed by atoms with van der Waals surface area (Å²) in [4.78, 5) is 28.6. The van der Waals surface area contributed by atoms with Gasteiger partial charge in [-0.25, -0.2) is 19.0 Å². The van der Waals surface area contributed by atoms with Gasteiger partial charge in [0.15, 0.2) is 5.65 Å². The molecule has 9 nitrogen and oxygen atoms in total. The third kappa shape index (κ3) is 2.38. The van der Waals surface area contributed by atoms with Crippen LogP contribution in [0.2, 0.25) is 0 Å². The summed E-state index contributed by atoms with van der Waals surface area (Å²) in [5.41, 5.74) is 1.43. The highest BCUT2D eigenvalue weighted by Gasteiger charge is 2.27. The molecule has 1 amide bonds. The minimum atomic E-state index is -0.227. The van der Waals surface area contributed by atoms with E-state index in [0.29, 0.717) is 25.9 Å². The molecule has 0 saturated heterocycles. The van der Waals surface area contributed by atoms with Crippen molar-refractivity contribution in [3.63, 3.8) is 0 Å². The number of nitrogens with one attached hydrogen (secondary N) is 1. The van der Waals surface area contributed by atoms with Gasteiger partial charge in [-0.1, -0.05) is 6.07 Å². The Bertz CT molecular complexity index is 968. The predicted molar refractivity (Wildman–Crippen MR) is 84.1 cm³/mol. The molecule has 9 heteroatoms. The van der Waals surface area contributed by atoms with E-state index in [-0.39, 0.29) is 17.5 Å². The van der Waals surface area contributed by atoms with Crippen LogP contribution in [0.3, 0.4) is 0 Å². The van der Waals surface area contributed by atoms with Crippen molar-refractivity contribution in [3.05, 3.63) is 46.5 Å². The average Bonchev–Trinajstić information content (AvgIpc) is 3.18. The highest BCUT2D eigenvalue weighted by Crippen LogP contribution is 2.17. The Balaban J connectivity index is 1.46. The molecule has 1 aliphatic heterocycles. The van der Waals surface area contributed by atoms with Gasteiger partial charge in [0.2, 0.25) is 5.91 Å². The van der Waals surface area contributed by atoms with Crippen LogP contribution >= 0.6 is 0 Å². The van der Waals surface area contributed by atoms with Crippen LogP contribution in [-0.4, -0.2) is 34.9 Å². The topological polar surface area (TPSA) is 99.1 Å². The molecule has 0 aromatic carbocycles. The Kier molecular flexibility index (Phi) is 3.40. The number of carbonyl (C=O) groups is 1. The number of carbonyl (C=O) groups excluding carboxylic acids is 1. The van der Waals surface area contributed by atoms with Crippen molar-refractivity contribution in [2.75, 3.05) is 0 Å². The van der Waals surface area contributed by atoms with Crippen LogP contribution < -0.4 is 11.0 Å². The highest BCUT2D eigenvalue weighted by atomic mass is 16.2. The lowest BCUT2D eigenvalue weighted by atomic mass is 9.98. The molecule has 0 bridgehead atoms. The summed E-state index contributed by atoms with van der Waals surface area (Å²) in [6, 6.07) is 5.63. The molecule has 1 atom stereocenters. The predicted octanol–water partition coefficient (Wildman–Crippen LogP) is -0.497. The minimum absolute atomic E-state index is 0.0616. The third-order valence-corrected chi connectivity index (χ3v) is 4.40. The van der Waals surface area contributed by atoms with Gasteiger partial charge in [-0.2, -0.15) is 10.2 Å². The molecule has 1 aliphatic rings. The Morgan fingerprint density at radius 2 is 2.29 bits per heavy atom. The molecule has 0 fully saturated rings. The number of hydrogen-bond acceptors (Lipinski definition) is 5. The largest absolute Gasteiger partial charge is 0.350 e. The second kappa shape index (κ2) is 5.59. The Labute approximate surface area is 136 Å². The van der Waals surface area contributed by atoms with Gasteiger partial charge in [0.25, 0.3) is 0 Å². The molecule has 0 aliphatic carbocycles. The number of amides is 1. The van der Waals surface area contributed by atoms with Crippen molar-refractivity contribution < 1.29 is 4.79 Å². The average molecular weight is 327 g/mol. The lowest BCUT2D eigenvalue weighted by molar-refractivity contribution is -0.126. The van der Waals surface area contributed by atoms with Crippen LogP contribution in [-0.2, 0) is 31.4 Å². The number of aryl methyl sites for hydroxylation is 2. The van der Waals surface area contributed by atoms with Crippen LogP contribution in [0.1, 0.15) is 17.9 Å². The molecule has 124 valence electrons. The van der Waals surface area contributed by atoms with E-state index in [4.69, 9.17) is 0 Å². The van der Waals surface area contributed by atoms with Gasteiger partial charge in [-0.3, -0.25) is 9.36 Å². The summed E-state index contributed by atoms with van der Waals surface area (Å²) in [6.07, 6.45) is 2.81. The van der Waals surface area contributed by atoms with Gasteiger partial charge < -0.3 is 5.32 Å². The minimum Gasteiger partial charge on any atom is -0.350 e. The van der Waals surface area contributed by atoms with Gasteiger partial charge in [0.05, 0.1) is 18.2 Å². The van der Waals surface area contributed by atoms with Crippen molar-refractivity contribution in [1.82, 2.24) is 34.3 Å². The van der Waals surface area contributed by atoms with Crippen LogP contribution in [0, 0.1) is 5.92 Å². The maximum Gasteiger partial charge on any atom is 0.345 e. The number of hydrogen-bond donors (Lipinski definition) is 1. The summed E-state index contributed by atoms with van der Waals surface area (Å²) >= 11 is 0. The van der Waals surface area contributed by atoms with Gasteiger partial charge in [-0.15, -0.1) is 0 Å². The Hall–Kier alpha value is -2.97. The van der Waals surface area contributed by atoms with E-state index in [0.717, 1.165) is 17.2 Å². The van der Waals surface area contributed by atoms with Crippen LogP contribution in [0.15, 0.2) is 29.3 Å².